The molecule has 248 valence electrons. The van der Waals surface area contributed by atoms with Crippen LogP contribution in [-0.2, 0) is 14.8 Å². The number of nitrogens with zero attached hydrogens (tertiary/aromatic N) is 5. The van der Waals surface area contributed by atoms with E-state index in [0.717, 1.165) is 69.7 Å². The van der Waals surface area contributed by atoms with Gasteiger partial charge in [-0.3, -0.25) is 0 Å². The van der Waals surface area contributed by atoms with Gasteiger partial charge in [-0.25, -0.2) is 8.42 Å². The normalized spacial score (nSPS) is 19.7. The molecular formula is C29H49N7O5S3. The molecule has 1 fully saturated rings. The molecule has 15 heteroatoms. The Labute approximate surface area is 269 Å². The van der Waals surface area contributed by atoms with Gasteiger partial charge in [-0.15, -0.1) is 11.3 Å². The van der Waals surface area contributed by atoms with Gasteiger partial charge in [0.15, 0.2) is 21.1 Å². The lowest BCUT2D eigenvalue weighted by atomic mass is 9.81. The Morgan fingerprint density at radius 3 is 2.48 bits per heavy atom. The predicted octanol–water partition coefficient (Wildman–Crippen LogP) is 4.97. The topological polar surface area (TPSA) is 146 Å². The third kappa shape index (κ3) is 8.22. The quantitative estimate of drug-likeness (QED) is 0.185. The third-order valence-electron chi connectivity index (χ3n) is 8.40. The minimum atomic E-state index is -3.87. The lowest BCUT2D eigenvalue weighted by Crippen LogP contribution is -2.44. The molecule has 1 saturated heterocycles. The van der Waals surface area contributed by atoms with Crippen LogP contribution in [0.2, 0.25) is 0 Å². The van der Waals surface area contributed by atoms with Gasteiger partial charge in [-0.1, -0.05) is 34.6 Å². The highest BCUT2D eigenvalue weighted by Gasteiger charge is 2.38. The average Bonchev–Trinajstić information content (AvgIpc) is 3.64. The van der Waals surface area contributed by atoms with Crippen LogP contribution in [0.5, 0.6) is 5.75 Å². The molecular weight excluding hydrogens is 623 g/mol. The van der Waals surface area contributed by atoms with E-state index in [1.165, 1.54) is 9.88 Å². The fraction of sp³-hybridized carbons (Fsp3) is 0.724. The summed E-state index contributed by atoms with van der Waals surface area (Å²) in [5, 5.41) is 17.5. The maximum Gasteiger partial charge on any atom is 0.256 e. The Morgan fingerprint density at radius 1 is 1.18 bits per heavy atom. The molecule has 3 N–H and O–H groups in total. The van der Waals surface area contributed by atoms with Gasteiger partial charge in [0.25, 0.3) is 10.0 Å². The number of nitrogens with one attached hydrogen (secondary N) is 2. The number of unbranched alkanes of at least 4 members (excludes halogenated alkanes) is 1. The minimum absolute atomic E-state index is 0.138. The molecule has 2 aliphatic heterocycles. The molecule has 2 unspecified atom stereocenters. The molecule has 0 saturated carbocycles. The van der Waals surface area contributed by atoms with Crippen molar-refractivity contribution in [3.63, 3.8) is 0 Å². The van der Waals surface area contributed by atoms with Crippen LogP contribution < -0.4 is 10.6 Å². The highest BCUT2D eigenvalue weighted by atomic mass is 32.2. The first-order valence-corrected chi connectivity index (χ1v) is 18.8. The number of ether oxygens (including phenoxy) is 1. The zero-order valence-corrected chi connectivity index (χ0v) is 29.5. The van der Waals surface area contributed by atoms with Crippen LogP contribution in [0.1, 0.15) is 65.2 Å². The van der Waals surface area contributed by atoms with E-state index in [-0.39, 0.29) is 57.9 Å². The molecule has 2 aromatic heterocycles. The molecule has 12 nitrogen and oxygen atoms in total. The van der Waals surface area contributed by atoms with Crippen molar-refractivity contribution >= 4 is 49.8 Å². The molecule has 3 atom stereocenters. The summed E-state index contributed by atoms with van der Waals surface area (Å²) < 4.78 is 54.5. The standard InChI is InChI=1S/C29H49N7O5S3/c1-8-36(9-2)44(39,40)28-24(37)23(20(3)42-28)30-26-27(33-43(38)32-26)31-25(29(4,5)6)22-18-21(19-41-22)12-10-11-13-35-16-14-34(7)15-17-35/h19,22,25,37H,8-18H2,1-7H3,(H,30,32)(H,31,33)/t22?,25-,43?/m0/s1. The Hall–Kier alpha value is -2.01. The minimum Gasteiger partial charge on any atom is -0.546 e. The first-order valence-electron chi connectivity index (χ1n) is 15.4. The van der Waals surface area contributed by atoms with E-state index in [9.17, 15) is 18.1 Å². The molecule has 44 heavy (non-hydrogen) atoms. The summed E-state index contributed by atoms with van der Waals surface area (Å²) in [6.45, 7) is 17.8. The summed E-state index contributed by atoms with van der Waals surface area (Å²) in [4.78, 5) is 5.48. The van der Waals surface area contributed by atoms with E-state index >= 15 is 0 Å². The second-order valence-electron chi connectivity index (χ2n) is 12.7. The Bertz CT molecular complexity index is 1390. The number of likely N-dealkylation sites (N-methyl/N-ethyl adjacent to an activating group) is 1. The van der Waals surface area contributed by atoms with Crippen LogP contribution in [-0.4, -0.2) is 106 Å². The highest BCUT2D eigenvalue weighted by Crippen LogP contribution is 2.45. The number of sulfonamides is 1. The van der Waals surface area contributed by atoms with E-state index in [4.69, 9.17) is 4.74 Å². The fourth-order valence-corrected chi connectivity index (χ4v) is 9.46. The highest BCUT2D eigenvalue weighted by molar-refractivity contribution is 7.91. The van der Waals surface area contributed by atoms with Crippen LogP contribution in [0, 0.1) is 12.3 Å². The van der Waals surface area contributed by atoms with Gasteiger partial charge >= 0.3 is 0 Å². The van der Waals surface area contributed by atoms with Crippen LogP contribution in [0.15, 0.2) is 16.0 Å². The molecule has 0 bridgehead atoms. The number of piperazine rings is 1. The van der Waals surface area contributed by atoms with Crippen LogP contribution in [0.3, 0.4) is 0 Å². The van der Waals surface area contributed by atoms with Gasteiger partial charge < -0.3 is 34.8 Å². The monoisotopic (exact) mass is 671 g/mol. The number of hydrogen-bond acceptors (Lipinski definition) is 12. The van der Waals surface area contributed by atoms with E-state index in [0.29, 0.717) is 4.88 Å². The van der Waals surface area contributed by atoms with Gasteiger partial charge in [-0.2, -0.15) is 4.31 Å². The molecule has 0 radical (unpaired) electrons. The molecule has 0 spiro atoms. The SMILES string of the molecule is CCN(CC)S(=O)(=O)c1sc(C)c(Nc2n[s+]([O-])nc2N[C@@H](C2CC(CCCCN3CCN(C)CC3)=CO2)C(C)(C)C)c1O. The van der Waals surface area contributed by atoms with E-state index in [2.05, 4.69) is 57.0 Å². The predicted molar refractivity (Wildman–Crippen MR) is 177 cm³/mol. The third-order valence-corrected chi connectivity index (χ3v) is 12.7. The number of aromatic hydroxyl groups is 1. The van der Waals surface area contributed by atoms with Gasteiger partial charge in [-0.05, 0) is 50.8 Å². The van der Waals surface area contributed by atoms with Crippen LogP contribution >= 0.6 is 22.5 Å². The van der Waals surface area contributed by atoms with Crippen molar-refractivity contribution in [1.29, 1.82) is 0 Å². The van der Waals surface area contributed by atoms with Gasteiger partial charge in [0.05, 0.1) is 18.0 Å². The van der Waals surface area contributed by atoms with Crippen LogP contribution in [0.4, 0.5) is 17.3 Å². The van der Waals surface area contributed by atoms with Crippen molar-refractivity contribution in [2.24, 2.45) is 5.41 Å². The second kappa shape index (κ2) is 14.6. The van der Waals surface area contributed by atoms with Gasteiger partial charge in [0.1, 0.15) is 6.10 Å². The number of rotatable bonds is 14. The Balaban J connectivity index is 1.42. The molecule has 4 rings (SSSR count). The molecule has 2 aromatic rings. The van der Waals surface area contributed by atoms with Crippen LogP contribution in [0.25, 0.3) is 0 Å². The first-order chi connectivity index (χ1) is 20.7. The molecule has 0 aromatic carbocycles. The summed E-state index contributed by atoms with van der Waals surface area (Å²) in [7, 11) is -1.70. The zero-order valence-electron chi connectivity index (χ0n) is 27.1. The van der Waals surface area contributed by atoms with Crippen molar-refractivity contribution < 1.29 is 22.8 Å². The molecule has 4 heterocycles. The maximum absolute atomic E-state index is 13.1. The summed E-state index contributed by atoms with van der Waals surface area (Å²) in [5.41, 5.74) is 1.24. The summed E-state index contributed by atoms with van der Waals surface area (Å²) >= 11 is -0.884. The number of aromatic nitrogens is 2. The number of thiophene rings is 1. The number of aryl methyl sites for hydroxylation is 1. The number of hydrogen-bond donors (Lipinski definition) is 3. The maximum atomic E-state index is 13.1. The second-order valence-corrected chi connectivity index (χ2v) is 16.9. The first kappa shape index (κ1) is 34.9. The van der Waals surface area contributed by atoms with E-state index in [1.54, 1.807) is 20.8 Å². The van der Waals surface area contributed by atoms with E-state index in [1.807, 2.05) is 6.26 Å². The van der Waals surface area contributed by atoms with Crippen molar-refractivity contribution in [2.75, 3.05) is 63.5 Å². The van der Waals surface area contributed by atoms with Gasteiger partial charge in [0.2, 0.25) is 11.6 Å². The number of anilines is 3. The largest absolute Gasteiger partial charge is 0.546 e. The molecule has 0 aliphatic carbocycles. The fourth-order valence-electron chi connectivity index (χ4n) is 5.74. The summed E-state index contributed by atoms with van der Waals surface area (Å²) in [5.74, 6) is 0.0772. The van der Waals surface area contributed by atoms with Gasteiger partial charge in [0, 0.05) is 59.3 Å². The Morgan fingerprint density at radius 2 is 1.84 bits per heavy atom. The molecule has 0 amide bonds. The summed E-state index contributed by atoms with van der Waals surface area (Å²) in [6.07, 6.45) is 5.81. The molecule has 2 aliphatic rings. The lowest BCUT2D eigenvalue weighted by molar-refractivity contribution is 0.103. The van der Waals surface area contributed by atoms with E-state index < -0.39 is 21.2 Å². The van der Waals surface area contributed by atoms with Crippen molar-refractivity contribution in [3.05, 3.63) is 16.7 Å². The average molecular weight is 672 g/mol. The zero-order chi connectivity index (χ0) is 32.2. The Kier molecular flexibility index (Phi) is 11.6. The van der Waals surface area contributed by atoms with Crippen molar-refractivity contribution in [3.8, 4) is 5.75 Å². The van der Waals surface area contributed by atoms with Crippen molar-refractivity contribution in [1.82, 2.24) is 22.9 Å². The smallest absolute Gasteiger partial charge is 0.256 e. The van der Waals surface area contributed by atoms with Crippen molar-refractivity contribution in [2.45, 2.75) is 83.6 Å². The lowest BCUT2D eigenvalue weighted by Gasteiger charge is -2.35. The summed E-state index contributed by atoms with van der Waals surface area (Å²) in [6, 6.07) is -0.196.